The molecule has 0 unspecified atom stereocenters. The monoisotopic (exact) mass is 169 g/mol. The van der Waals surface area contributed by atoms with Crippen molar-refractivity contribution >= 4 is 17.2 Å². The summed E-state index contributed by atoms with van der Waals surface area (Å²) in [6.45, 7) is 0. The highest BCUT2D eigenvalue weighted by Gasteiger charge is 2.02. The largest absolute Gasteiger partial charge is 0.469 e. The molecule has 2 nitrogen and oxygen atoms in total. The van der Waals surface area contributed by atoms with Crippen LogP contribution >= 0.6 is 12.2 Å². The number of rotatable bonds is 2. The second-order valence-corrected chi connectivity index (χ2v) is 3.02. The van der Waals surface area contributed by atoms with Crippen LogP contribution in [0.3, 0.4) is 0 Å². The smallest absolute Gasteiger partial charge is 0.110 e. The highest BCUT2D eigenvalue weighted by Crippen LogP contribution is 2.02. The van der Waals surface area contributed by atoms with Crippen molar-refractivity contribution in [2.75, 3.05) is 14.1 Å². The Morgan fingerprint density at radius 1 is 1.64 bits per heavy atom. The van der Waals surface area contributed by atoms with Gasteiger partial charge in [-0.3, -0.25) is 0 Å². The summed E-state index contributed by atoms with van der Waals surface area (Å²) < 4.78 is 5.14. The minimum Gasteiger partial charge on any atom is -0.469 e. The van der Waals surface area contributed by atoms with Gasteiger partial charge in [0.2, 0.25) is 0 Å². The number of hydrogen-bond acceptors (Lipinski definition) is 2. The van der Waals surface area contributed by atoms with E-state index >= 15 is 0 Å². The number of furan rings is 1. The van der Waals surface area contributed by atoms with E-state index in [1.165, 1.54) is 0 Å². The first-order valence-electron chi connectivity index (χ1n) is 3.42. The van der Waals surface area contributed by atoms with E-state index in [0.717, 1.165) is 17.2 Å². The van der Waals surface area contributed by atoms with Crippen LogP contribution < -0.4 is 0 Å². The average molecular weight is 169 g/mol. The third kappa shape index (κ3) is 2.35. The second-order valence-electron chi connectivity index (χ2n) is 2.54. The van der Waals surface area contributed by atoms with Crippen molar-refractivity contribution in [1.82, 2.24) is 4.90 Å². The Morgan fingerprint density at radius 3 is 2.82 bits per heavy atom. The lowest BCUT2D eigenvalue weighted by Gasteiger charge is -2.11. The number of hydrogen-bond donors (Lipinski definition) is 0. The molecule has 0 saturated heterocycles. The van der Waals surface area contributed by atoms with Crippen LogP contribution in [0.5, 0.6) is 0 Å². The Kier molecular flexibility index (Phi) is 2.65. The van der Waals surface area contributed by atoms with Crippen LogP contribution in [0.25, 0.3) is 0 Å². The highest BCUT2D eigenvalue weighted by atomic mass is 32.1. The molecule has 1 aromatic heterocycles. The summed E-state index contributed by atoms with van der Waals surface area (Å²) in [6, 6.07) is 3.80. The van der Waals surface area contributed by atoms with Gasteiger partial charge >= 0.3 is 0 Å². The van der Waals surface area contributed by atoms with Gasteiger partial charge in [0.25, 0.3) is 0 Å². The molecule has 1 aromatic rings. The first-order valence-corrected chi connectivity index (χ1v) is 3.83. The van der Waals surface area contributed by atoms with Gasteiger partial charge in [-0.15, -0.1) is 0 Å². The van der Waals surface area contributed by atoms with Crippen molar-refractivity contribution in [2.24, 2.45) is 0 Å². The molecule has 0 amide bonds. The number of likely N-dealkylation sites (N-methyl/N-ethyl adjacent to an activating group) is 1. The second kappa shape index (κ2) is 3.53. The normalized spacial score (nSPS) is 9.64. The Bertz CT molecular complexity index is 228. The van der Waals surface area contributed by atoms with Gasteiger partial charge in [0, 0.05) is 14.1 Å². The highest BCUT2D eigenvalue weighted by molar-refractivity contribution is 7.80. The van der Waals surface area contributed by atoms with Crippen molar-refractivity contribution in [3.05, 3.63) is 24.2 Å². The minimum absolute atomic E-state index is 0.718. The Morgan fingerprint density at radius 2 is 2.36 bits per heavy atom. The summed E-state index contributed by atoms with van der Waals surface area (Å²) in [5.41, 5.74) is 0. The lowest BCUT2D eigenvalue weighted by atomic mass is 10.3. The van der Waals surface area contributed by atoms with Crippen LogP contribution in [0, 0.1) is 0 Å². The van der Waals surface area contributed by atoms with E-state index in [1.807, 2.05) is 31.1 Å². The van der Waals surface area contributed by atoms with Gasteiger partial charge in [-0.05, 0) is 12.1 Å². The zero-order chi connectivity index (χ0) is 8.27. The summed E-state index contributed by atoms with van der Waals surface area (Å²) in [6.07, 6.45) is 2.38. The SMILES string of the molecule is CN(C)C(=S)Cc1ccco1. The summed E-state index contributed by atoms with van der Waals surface area (Å²) in [5, 5.41) is 0. The van der Waals surface area contributed by atoms with Crippen LogP contribution in [0.2, 0.25) is 0 Å². The van der Waals surface area contributed by atoms with Gasteiger partial charge in [0.15, 0.2) is 0 Å². The Hall–Kier alpha value is -0.830. The van der Waals surface area contributed by atoms with Crippen molar-refractivity contribution in [1.29, 1.82) is 0 Å². The molecule has 1 rings (SSSR count). The van der Waals surface area contributed by atoms with E-state index in [-0.39, 0.29) is 0 Å². The predicted octanol–water partition coefficient (Wildman–Crippen LogP) is 1.71. The lowest BCUT2D eigenvalue weighted by Crippen LogP contribution is -2.21. The van der Waals surface area contributed by atoms with Crippen molar-refractivity contribution in [2.45, 2.75) is 6.42 Å². The topological polar surface area (TPSA) is 16.4 Å². The van der Waals surface area contributed by atoms with Crippen LogP contribution in [0.4, 0.5) is 0 Å². The molecule has 0 atom stereocenters. The first kappa shape index (κ1) is 8.27. The zero-order valence-corrected chi connectivity index (χ0v) is 7.52. The summed E-state index contributed by atoms with van der Waals surface area (Å²) in [4.78, 5) is 2.80. The molecule has 1 heterocycles. The molecule has 0 saturated carbocycles. The molecule has 0 aliphatic heterocycles. The lowest BCUT2D eigenvalue weighted by molar-refractivity contribution is 0.517. The molecule has 0 aliphatic carbocycles. The van der Waals surface area contributed by atoms with Crippen LogP contribution in [0.15, 0.2) is 22.8 Å². The molecular weight excluding hydrogens is 158 g/mol. The fourth-order valence-electron chi connectivity index (χ4n) is 0.720. The van der Waals surface area contributed by atoms with Crippen LogP contribution in [-0.4, -0.2) is 24.0 Å². The van der Waals surface area contributed by atoms with Gasteiger partial charge in [-0.2, -0.15) is 0 Å². The Balaban J connectivity index is 2.50. The molecule has 11 heavy (non-hydrogen) atoms. The standard InChI is InChI=1S/C8H11NOS/c1-9(2)8(11)6-7-4-3-5-10-7/h3-5H,6H2,1-2H3. The fourth-order valence-corrected chi connectivity index (χ4v) is 0.863. The maximum Gasteiger partial charge on any atom is 0.110 e. The number of nitrogens with zero attached hydrogens (tertiary/aromatic N) is 1. The van der Waals surface area contributed by atoms with E-state index in [1.54, 1.807) is 6.26 Å². The molecule has 60 valence electrons. The summed E-state index contributed by atoms with van der Waals surface area (Å²) >= 11 is 5.09. The predicted molar refractivity (Wildman–Crippen MR) is 48.7 cm³/mol. The molecule has 3 heteroatoms. The quantitative estimate of drug-likeness (QED) is 0.627. The number of thiocarbonyl (C=S) groups is 1. The van der Waals surface area contributed by atoms with Crippen LogP contribution in [-0.2, 0) is 6.42 Å². The molecule has 0 aromatic carbocycles. The van der Waals surface area contributed by atoms with E-state index in [4.69, 9.17) is 16.6 Å². The van der Waals surface area contributed by atoms with Gasteiger partial charge in [0.05, 0.1) is 17.7 Å². The molecule has 0 bridgehead atoms. The van der Waals surface area contributed by atoms with Crippen molar-refractivity contribution < 1.29 is 4.42 Å². The maximum absolute atomic E-state index is 5.14. The van der Waals surface area contributed by atoms with Gasteiger partial charge in [0.1, 0.15) is 5.76 Å². The van der Waals surface area contributed by atoms with Gasteiger partial charge < -0.3 is 9.32 Å². The van der Waals surface area contributed by atoms with E-state index < -0.39 is 0 Å². The van der Waals surface area contributed by atoms with E-state index in [2.05, 4.69) is 0 Å². The maximum atomic E-state index is 5.14. The molecular formula is C8H11NOS. The summed E-state index contributed by atoms with van der Waals surface area (Å²) in [7, 11) is 3.87. The van der Waals surface area contributed by atoms with Gasteiger partial charge in [-0.25, -0.2) is 0 Å². The molecule has 0 fully saturated rings. The first-order chi connectivity index (χ1) is 5.20. The van der Waals surface area contributed by atoms with E-state index in [9.17, 15) is 0 Å². The fraction of sp³-hybridized carbons (Fsp3) is 0.375. The Labute approximate surface area is 71.8 Å². The zero-order valence-electron chi connectivity index (χ0n) is 6.70. The van der Waals surface area contributed by atoms with Crippen molar-refractivity contribution in [3.8, 4) is 0 Å². The van der Waals surface area contributed by atoms with Crippen LogP contribution in [0.1, 0.15) is 5.76 Å². The third-order valence-electron chi connectivity index (χ3n) is 1.40. The van der Waals surface area contributed by atoms with Crippen molar-refractivity contribution in [3.63, 3.8) is 0 Å². The third-order valence-corrected chi connectivity index (χ3v) is 1.91. The average Bonchev–Trinajstić information content (AvgIpc) is 2.39. The summed E-state index contributed by atoms with van der Waals surface area (Å²) in [5.74, 6) is 0.920. The van der Waals surface area contributed by atoms with E-state index in [0.29, 0.717) is 0 Å². The molecule has 0 spiro atoms. The molecule has 0 radical (unpaired) electrons. The molecule has 0 N–H and O–H groups in total. The minimum atomic E-state index is 0.718. The van der Waals surface area contributed by atoms with Gasteiger partial charge in [-0.1, -0.05) is 12.2 Å². The molecule has 0 aliphatic rings.